The van der Waals surface area contributed by atoms with Gasteiger partial charge >= 0.3 is 12.1 Å². The molecule has 2 aromatic rings. The van der Waals surface area contributed by atoms with Gasteiger partial charge in [0.15, 0.2) is 0 Å². The lowest BCUT2D eigenvalue weighted by molar-refractivity contribution is -0.192. The molecule has 2 amide bonds. The van der Waals surface area contributed by atoms with Crippen molar-refractivity contribution in [2.24, 2.45) is 0 Å². The summed E-state index contributed by atoms with van der Waals surface area (Å²) < 4.78 is 37.1. The first-order valence-corrected chi connectivity index (χ1v) is 11.7. The number of ether oxygens (including phenoxy) is 1. The monoisotopic (exact) mass is 523 g/mol. The number of nitrogens with one attached hydrogen (secondary N) is 1. The van der Waals surface area contributed by atoms with Crippen LogP contribution in [-0.4, -0.2) is 78.7 Å². The summed E-state index contributed by atoms with van der Waals surface area (Å²) in [5, 5.41) is 10.4. The van der Waals surface area contributed by atoms with Gasteiger partial charge in [0.1, 0.15) is 5.75 Å². The van der Waals surface area contributed by atoms with Gasteiger partial charge in [-0.25, -0.2) is 4.79 Å². The molecule has 1 aliphatic heterocycles. The molecule has 8 nitrogen and oxygen atoms in total. The molecule has 37 heavy (non-hydrogen) atoms. The lowest BCUT2D eigenvalue weighted by Crippen LogP contribution is -2.47. The number of halogens is 3. The Morgan fingerprint density at radius 2 is 1.65 bits per heavy atom. The van der Waals surface area contributed by atoms with Crippen molar-refractivity contribution in [3.8, 4) is 5.75 Å². The van der Waals surface area contributed by atoms with Crippen molar-refractivity contribution in [1.82, 2.24) is 15.1 Å². The molecule has 1 heterocycles. The van der Waals surface area contributed by atoms with Gasteiger partial charge in [-0.2, -0.15) is 13.2 Å². The van der Waals surface area contributed by atoms with Crippen molar-refractivity contribution in [3.63, 3.8) is 0 Å². The predicted octanol–water partition coefficient (Wildman–Crippen LogP) is 3.41. The van der Waals surface area contributed by atoms with E-state index in [1.54, 1.807) is 12.0 Å². The number of carboxylic acids is 1. The fourth-order valence-electron chi connectivity index (χ4n) is 3.83. The van der Waals surface area contributed by atoms with Crippen molar-refractivity contribution in [3.05, 3.63) is 64.7 Å². The number of alkyl halides is 3. The van der Waals surface area contributed by atoms with Crippen LogP contribution < -0.4 is 10.1 Å². The maximum absolute atomic E-state index is 13.4. The molecular weight excluding hydrogens is 491 g/mol. The number of carbonyl (C=O) groups excluding carboxylic acids is 2. The quantitative estimate of drug-likeness (QED) is 0.577. The molecule has 0 spiro atoms. The van der Waals surface area contributed by atoms with Gasteiger partial charge in [0, 0.05) is 51.3 Å². The minimum atomic E-state index is -5.08. The number of aryl methyl sites for hydroxylation is 2. The van der Waals surface area contributed by atoms with Crippen molar-refractivity contribution in [2.45, 2.75) is 33.0 Å². The molecular formula is C26H32F3N3O5. The molecule has 0 bridgehead atoms. The molecule has 0 aromatic heterocycles. The Balaban J connectivity index is 0.000000604. The molecule has 1 fully saturated rings. The van der Waals surface area contributed by atoms with Crippen molar-refractivity contribution in [2.75, 3.05) is 39.8 Å². The Bertz CT molecular complexity index is 1070. The number of amides is 2. The van der Waals surface area contributed by atoms with Crippen LogP contribution in [0, 0.1) is 13.8 Å². The summed E-state index contributed by atoms with van der Waals surface area (Å²) >= 11 is 0. The maximum atomic E-state index is 13.4. The van der Waals surface area contributed by atoms with Crippen LogP contribution in [0.3, 0.4) is 0 Å². The van der Waals surface area contributed by atoms with E-state index in [0.29, 0.717) is 25.1 Å². The van der Waals surface area contributed by atoms with Crippen molar-refractivity contribution >= 4 is 17.8 Å². The van der Waals surface area contributed by atoms with Crippen LogP contribution in [0.25, 0.3) is 0 Å². The van der Waals surface area contributed by atoms with Crippen LogP contribution in [0.5, 0.6) is 5.75 Å². The number of piperazine rings is 1. The first-order valence-electron chi connectivity index (χ1n) is 11.7. The molecule has 0 aliphatic carbocycles. The average Bonchev–Trinajstić information content (AvgIpc) is 2.85. The third kappa shape index (κ3) is 9.76. The number of carbonyl (C=O) groups is 3. The number of nitrogens with zero attached hydrogens (tertiary/aromatic N) is 2. The summed E-state index contributed by atoms with van der Waals surface area (Å²) in [5.74, 6) is -1.96. The van der Waals surface area contributed by atoms with Crippen LogP contribution in [0.2, 0.25) is 0 Å². The molecule has 0 atom stereocenters. The second kappa shape index (κ2) is 13.6. The highest BCUT2D eigenvalue weighted by atomic mass is 19.4. The van der Waals surface area contributed by atoms with Crippen LogP contribution in [0.4, 0.5) is 13.2 Å². The van der Waals surface area contributed by atoms with Gasteiger partial charge < -0.3 is 25.0 Å². The average molecular weight is 524 g/mol. The van der Waals surface area contributed by atoms with E-state index in [9.17, 15) is 22.8 Å². The summed E-state index contributed by atoms with van der Waals surface area (Å²) in [6.07, 6.45) is -4.76. The zero-order valence-corrected chi connectivity index (χ0v) is 21.1. The SMILES string of the molecule is COc1cccc(CN(CCC(=O)N2CCNCC2)C(=O)c2cc(C)cc(C)c2)c1.O=C(O)C(F)(F)F. The van der Waals surface area contributed by atoms with Crippen LogP contribution in [-0.2, 0) is 16.1 Å². The van der Waals surface area contributed by atoms with E-state index in [-0.39, 0.29) is 11.8 Å². The molecule has 0 unspecified atom stereocenters. The van der Waals surface area contributed by atoms with Crippen molar-refractivity contribution in [1.29, 1.82) is 0 Å². The molecule has 11 heteroatoms. The lowest BCUT2D eigenvalue weighted by Gasteiger charge is -2.29. The molecule has 0 radical (unpaired) electrons. The Morgan fingerprint density at radius 1 is 1.05 bits per heavy atom. The molecule has 1 saturated heterocycles. The summed E-state index contributed by atoms with van der Waals surface area (Å²) in [5.41, 5.74) is 3.74. The first kappa shape index (κ1) is 29.6. The second-order valence-corrected chi connectivity index (χ2v) is 8.64. The Labute approximate surface area is 214 Å². The fourth-order valence-corrected chi connectivity index (χ4v) is 3.83. The highest BCUT2D eigenvalue weighted by Crippen LogP contribution is 2.18. The molecule has 3 rings (SSSR count). The third-order valence-corrected chi connectivity index (χ3v) is 5.57. The number of hydrogen-bond acceptors (Lipinski definition) is 5. The number of methoxy groups -OCH3 is 1. The summed E-state index contributed by atoms with van der Waals surface area (Å²) in [6, 6.07) is 13.6. The summed E-state index contributed by atoms with van der Waals surface area (Å²) in [6.45, 7) is 7.87. The van der Waals surface area contributed by atoms with Gasteiger partial charge in [0.25, 0.3) is 5.91 Å². The second-order valence-electron chi connectivity index (χ2n) is 8.64. The van der Waals surface area contributed by atoms with E-state index < -0.39 is 12.1 Å². The maximum Gasteiger partial charge on any atom is 0.490 e. The van der Waals surface area contributed by atoms with Gasteiger partial charge in [-0.1, -0.05) is 29.3 Å². The Kier molecular flexibility index (Phi) is 10.9. The number of rotatable bonds is 7. The number of carboxylic acid groups (broad SMARTS) is 1. The minimum absolute atomic E-state index is 0.0577. The highest BCUT2D eigenvalue weighted by molar-refractivity contribution is 5.95. The predicted molar refractivity (Wildman–Crippen MR) is 131 cm³/mol. The number of benzene rings is 2. The van der Waals surface area contributed by atoms with Crippen LogP contribution in [0.15, 0.2) is 42.5 Å². The molecule has 1 aliphatic rings. The third-order valence-electron chi connectivity index (χ3n) is 5.57. The number of hydrogen-bond donors (Lipinski definition) is 2. The van der Waals surface area contributed by atoms with E-state index in [1.165, 1.54) is 0 Å². The van der Waals surface area contributed by atoms with Crippen LogP contribution >= 0.6 is 0 Å². The summed E-state index contributed by atoms with van der Waals surface area (Å²) in [7, 11) is 1.63. The van der Waals surface area contributed by atoms with E-state index in [1.807, 2.05) is 55.1 Å². The topological polar surface area (TPSA) is 99.2 Å². The van der Waals surface area contributed by atoms with Gasteiger partial charge in [-0.05, 0) is 43.7 Å². The van der Waals surface area contributed by atoms with Crippen molar-refractivity contribution < 1.29 is 37.4 Å². The first-order chi connectivity index (χ1) is 17.4. The van der Waals surface area contributed by atoms with E-state index >= 15 is 0 Å². The van der Waals surface area contributed by atoms with Crippen LogP contribution in [0.1, 0.15) is 33.5 Å². The van der Waals surface area contributed by atoms with E-state index in [0.717, 1.165) is 48.6 Å². The zero-order valence-electron chi connectivity index (χ0n) is 21.1. The van der Waals surface area contributed by atoms with Gasteiger partial charge in [0.05, 0.1) is 7.11 Å². The minimum Gasteiger partial charge on any atom is -0.497 e. The Morgan fingerprint density at radius 3 is 2.19 bits per heavy atom. The Hall–Kier alpha value is -3.60. The van der Waals surface area contributed by atoms with Gasteiger partial charge in [-0.15, -0.1) is 0 Å². The molecule has 202 valence electrons. The smallest absolute Gasteiger partial charge is 0.490 e. The zero-order chi connectivity index (χ0) is 27.6. The fraction of sp³-hybridized carbons (Fsp3) is 0.423. The molecule has 0 saturated carbocycles. The van der Waals surface area contributed by atoms with E-state index in [2.05, 4.69) is 11.4 Å². The van der Waals surface area contributed by atoms with E-state index in [4.69, 9.17) is 14.6 Å². The lowest BCUT2D eigenvalue weighted by atomic mass is 10.1. The number of aliphatic carboxylic acids is 1. The molecule has 2 aromatic carbocycles. The van der Waals surface area contributed by atoms with Gasteiger partial charge in [0.2, 0.25) is 5.91 Å². The molecule has 2 N–H and O–H groups in total. The largest absolute Gasteiger partial charge is 0.497 e. The highest BCUT2D eigenvalue weighted by Gasteiger charge is 2.38. The van der Waals surface area contributed by atoms with Gasteiger partial charge in [-0.3, -0.25) is 9.59 Å². The normalized spacial score (nSPS) is 13.3. The standard InChI is InChI=1S/C24H31N3O3.C2HF3O2/c1-18-13-19(2)15-21(14-18)24(29)27(17-20-5-4-6-22(16-20)30-3)10-7-23(28)26-11-8-25-9-12-26;3-2(4,5)1(6)7/h4-6,13-16,25H,7-12,17H2,1-3H3;(H,6,7). The summed E-state index contributed by atoms with van der Waals surface area (Å²) in [4.78, 5) is 38.6.